The molecule has 3 rings (SSSR count). The van der Waals surface area contributed by atoms with Crippen molar-refractivity contribution in [1.29, 1.82) is 0 Å². The molecular formula is C14H13FN2O. The summed E-state index contributed by atoms with van der Waals surface area (Å²) in [4.78, 5) is 4.33. The number of oxazole rings is 1. The molecule has 92 valence electrons. The normalized spacial score (nSPS) is 11.3. The maximum Gasteiger partial charge on any atom is 0.214 e. The highest BCUT2D eigenvalue weighted by Gasteiger charge is 2.08. The molecule has 1 aromatic carbocycles. The molecule has 0 N–H and O–H groups in total. The Bertz CT molecular complexity index is 692. The van der Waals surface area contributed by atoms with Crippen molar-refractivity contribution in [3.63, 3.8) is 0 Å². The predicted molar refractivity (Wildman–Crippen MR) is 67.0 cm³/mol. The van der Waals surface area contributed by atoms with Gasteiger partial charge in [-0.3, -0.25) is 0 Å². The molecule has 3 aromatic rings. The fourth-order valence-electron chi connectivity index (χ4n) is 2.05. The van der Waals surface area contributed by atoms with Crippen molar-refractivity contribution in [3.8, 4) is 0 Å². The summed E-state index contributed by atoms with van der Waals surface area (Å²) >= 11 is 0. The Hall–Kier alpha value is -2.10. The van der Waals surface area contributed by atoms with Crippen molar-refractivity contribution in [3.05, 3.63) is 53.6 Å². The van der Waals surface area contributed by atoms with Gasteiger partial charge in [0.2, 0.25) is 5.89 Å². The summed E-state index contributed by atoms with van der Waals surface area (Å²) in [7, 11) is 0. The summed E-state index contributed by atoms with van der Waals surface area (Å²) < 4.78 is 20.7. The van der Waals surface area contributed by atoms with Gasteiger partial charge in [0.25, 0.3) is 0 Å². The fraction of sp³-hybridized carbons (Fsp3) is 0.214. The van der Waals surface area contributed by atoms with Gasteiger partial charge < -0.3 is 8.98 Å². The summed E-state index contributed by atoms with van der Waals surface area (Å²) in [6.07, 6.45) is 1.92. The summed E-state index contributed by atoms with van der Waals surface area (Å²) in [6.45, 7) is 4.32. The Balaban J connectivity index is 2.02. The number of hydrogen-bond donors (Lipinski definition) is 0. The van der Waals surface area contributed by atoms with Gasteiger partial charge in [-0.1, -0.05) is 0 Å². The third-order valence-electron chi connectivity index (χ3n) is 3.11. The molecule has 0 aliphatic rings. The van der Waals surface area contributed by atoms with Crippen LogP contribution >= 0.6 is 0 Å². The molecule has 0 radical (unpaired) electrons. The van der Waals surface area contributed by atoms with Crippen LogP contribution in [0.4, 0.5) is 4.39 Å². The third kappa shape index (κ3) is 1.79. The molecule has 0 atom stereocenters. The van der Waals surface area contributed by atoms with Crippen LogP contribution in [-0.4, -0.2) is 9.55 Å². The maximum absolute atomic E-state index is 13.2. The lowest BCUT2D eigenvalue weighted by Crippen LogP contribution is -1.98. The first kappa shape index (κ1) is 11.0. The van der Waals surface area contributed by atoms with Crippen LogP contribution in [0.15, 0.2) is 34.9 Å². The lowest BCUT2D eigenvalue weighted by molar-refractivity contribution is 0.459. The number of rotatable bonds is 2. The molecule has 0 saturated carbocycles. The molecule has 0 spiro atoms. The molecule has 18 heavy (non-hydrogen) atoms. The molecule has 0 amide bonds. The Labute approximate surface area is 104 Å². The van der Waals surface area contributed by atoms with Crippen LogP contribution in [0.5, 0.6) is 0 Å². The van der Waals surface area contributed by atoms with E-state index in [1.807, 2.05) is 30.7 Å². The van der Waals surface area contributed by atoms with Crippen LogP contribution in [0.1, 0.15) is 17.3 Å². The molecule has 0 bridgehead atoms. The summed E-state index contributed by atoms with van der Waals surface area (Å²) in [5, 5.41) is 1.01. The minimum atomic E-state index is -0.234. The first-order valence-corrected chi connectivity index (χ1v) is 5.81. The van der Waals surface area contributed by atoms with E-state index in [0.29, 0.717) is 12.4 Å². The van der Waals surface area contributed by atoms with E-state index in [0.717, 1.165) is 22.4 Å². The van der Waals surface area contributed by atoms with Crippen LogP contribution in [0, 0.1) is 19.7 Å². The van der Waals surface area contributed by atoms with Crippen LogP contribution in [0.3, 0.4) is 0 Å². The number of benzene rings is 1. The van der Waals surface area contributed by atoms with E-state index < -0.39 is 0 Å². The molecule has 2 heterocycles. The summed E-state index contributed by atoms with van der Waals surface area (Å²) in [5.74, 6) is 1.24. The second-order valence-corrected chi connectivity index (χ2v) is 4.40. The lowest BCUT2D eigenvalue weighted by atomic mass is 10.2. The largest absolute Gasteiger partial charge is 0.444 e. The molecule has 0 saturated heterocycles. The van der Waals surface area contributed by atoms with Gasteiger partial charge >= 0.3 is 0 Å². The smallest absolute Gasteiger partial charge is 0.214 e. The molecule has 4 heteroatoms. The van der Waals surface area contributed by atoms with Gasteiger partial charge in [-0.15, -0.1) is 0 Å². The first-order chi connectivity index (χ1) is 8.63. The predicted octanol–water partition coefficient (Wildman–Crippen LogP) is 3.43. The van der Waals surface area contributed by atoms with E-state index >= 15 is 0 Å². The minimum absolute atomic E-state index is 0.234. The number of aryl methyl sites for hydroxylation is 2. The topological polar surface area (TPSA) is 31.0 Å². The molecule has 2 aromatic heterocycles. The lowest BCUT2D eigenvalue weighted by Gasteiger charge is -2.02. The average Bonchev–Trinajstić information content (AvgIpc) is 2.85. The SMILES string of the molecule is Cc1nc(Cn2ccc3ccc(F)cc32)oc1C. The van der Waals surface area contributed by atoms with Crippen molar-refractivity contribution >= 4 is 10.9 Å². The minimum Gasteiger partial charge on any atom is -0.444 e. The Kier molecular flexibility index (Phi) is 2.44. The van der Waals surface area contributed by atoms with Crippen molar-refractivity contribution in [2.75, 3.05) is 0 Å². The molecule has 0 unspecified atom stereocenters. The zero-order valence-electron chi connectivity index (χ0n) is 10.3. The zero-order chi connectivity index (χ0) is 12.7. The van der Waals surface area contributed by atoms with Gasteiger partial charge in [-0.25, -0.2) is 9.37 Å². The van der Waals surface area contributed by atoms with Gasteiger partial charge in [-0.2, -0.15) is 0 Å². The fourth-order valence-corrected chi connectivity index (χ4v) is 2.05. The standard InChI is InChI=1S/C14H13FN2O/c1-9-10(2)18-14(16-9)8-17-6-5-11-3-4-12(15)7-13(11)17/h3-7H,8H2,1-2H3. The second kappa shape index (κ2) is 3.98. The molecule has 0 aliphatic heterocycles. The maximum atomic E-state index is 13.2. The van der Waals surface area contributed by atoms with Crippen LogP contribution in [0.25, 0.3) is 10.9 Å². The highest BCUT2D eigenvalue weighted by Crippen LogP contribution is 2.19. The van der Waals surface area contributed by atoms with E-state index in [-0.39, 0.29) is 5.82 Å². The number of fused-ring (bicyclic) bond motifs is 1. The number of aromatic nitrogens is 2. The average molecular weight is 244 g/mol. The van der Waals surface area contributed by atoms with Crippen molar-refractivity contribution in [2.45, 2.75) is 20.4 Å². The molecule has 0 aliphatic carbocycles. The van der Waals surface area contributed by atoms with E-state index in [2.05, 4.69) is 4.98 Å². The highest BCUT2D eigenvalue weighted by atomic mass is 19.1. The zero-order valence-corrected chi connectivity index (χ0v) is 10.3. The van der Waals surface area contributed by atoms with Crippen molar-refractivity contribution in [2.24, 2.45) is 0 Å². The van der Waals surface area contributed by atoms with Crippen molar-refractivity contribution < 1.29 is 8.81 Å². The van der Waals surface area contributed by atoms with Gasteiger partial charge in [0.15, 0.2) is 0 Å². The van der Waals surface area contributed by atoms with E-state index in [1.54, 1.807) is 6.07 Å². The van der Waals surface area contributed by atoms with E-state index in [4.69, 9.17) is 4.42 Å². The quantitative estimate of drug-likeness (QED) is 0.691. The molecular weight excluding hydrogens is 231 g/mol. The second-order valence-electron chi connectivity index (χ2n) is 4.40. The number of nitrogens with zero attached hydrogens (tertiary/aromatic N) is 2. The molecule has 0 fully saturated rings. The van der Waals surface area contributed by atoms with Gasteiger partial charge in [0.05, 0.1) is 17.8 Å². The Morgan fingerprint density at radius 2 is 2.11 bits per heavy atom. The summed E-state index contributed by atoms with van der Waals surface area (Å²) in [6, 6.07) is 6.72. The van der Waals surface area contributed by atoms with Crippen LogP contribution in [0.2, 0.25) is 0 Å². The van der Waals surface area contributed by atoms with Gasteiger partial charge in [0.1, 0.15) is 11.6 Å². The van der Waals surface area contributed by atoms with Gasteiger partial charge in [0, 0.05) is 6.20 Å². The number of halogens is 1. The van der Waals surface area contributed by atoms with Crippen LogP contribution in [-0.2, 0) is 6.54 Å². The highest BCUT2D eigenvalue weighted by molar-refractivity contribution is 5.80. The van der Waals surface area contributed by atoms with E-state index in [9.17, 15) is 4.39 Å². The monoisotopic (exact) mass is 244 g/mol. The summed E-state index contributed by atoms with van der Waals surface area (Å²) in [5.41, 5.74) is 1.75. The Morgan fingerprint density at radius 3 is 2.83 bits per heavy atom. The van der Waals surface area contributed by atoms with Crippen LogP contribution < -0.4 is 0 Å². The first-order valence-electron chi connectivity index (χ1n) is 5.81. The number of hydrogen-bond acceptors (Lipinski definition) is 2. The van der Waals surface area contributed by atoms with Gasteiger partial charge in [-0.05, 0) is 43.5 Å². The Morgan fingerprint density at radius 1 is 1.28 bits per heavy atom. The third-order valence-corrected chi connectivity index (χ3v) is 3.11. The van der Waals surface area contributed by atoms with E-state index in [1.165, 1.54) is 12.1 Å². The van der Waals surface area contributed by atoms with Crippen molar-refractivity contribution in [1.82, 2.24) is 9.55 Å². The molecule has 3 nitrogen and oxygen atoms in total.